The van der Waals surface area contributed by atoms with E-state index < -0.39 is 7.12 Å². The van der Waals surface area contributed by atoms with Gasteiger partial charge in [0.05, 0.1) is 23.2 Å². The summed E-state index contributed by atoms with van der Waals surface area (Å²) in [6.45, 7) is 9.20. The number of methoxy groups -OCH3 is 1. The summed E-state index contributed by atoms with van der Waals surface area (Å²) in [6.07, 6.45) is 3.32. The smallest absolute Gasteiger partial charge is 0.494 e. The highest BCUT2D eigenvalue weighted by molar-refractivity contribution is 14.2. The Bertz CT molecular complexity index is 1340. The van der Waals surface area contributed by atoms with Crippen LogP contribution >= 0.6 is 42.1 Å². The van der Waals surface area contributed by atoms with Crippen molar-refractivity contribution in [3.8, 4) is 17.1 Å². The van der Waals surface area contributed by atoms with Gasteiger partial charge in [-0.15, -0.1) is 0 Å². The van der Waals surface area contributed by atoms with E-state index >= 15 is 0 Å². The molecule has 2 fully saturated rings. The second kappa shape index (κ2) is 9.94. The van der Waals surface area contributed by atoms with Gasteiger partial charge in [0, 0.05) is 28.8 Å². The fourth-order valence-corrected chi connectivity index (χ4v) is 7.35. The second-order valence-electron chi connectivity index (χ2n) is 11.3. The minimum absolute atomic E-state index is 0.163. The highest BCUT2D eigenvalue weighted by Crippen LogP contribution is 2.58. The molecular formula is C28H32BIN2O4S2. The van der Waals surface area contributed by atoms with Crippen LogP contribution < -0.4 is 14.5 Å². The highest BCUT2D eigenvalue weighted by atomic mass is 127. The number of para-hydroxylation sites is 1. The van der Waals surface area contributed by atoms with Crippen molar-refractivity contribution < 1.29 is 18.6 Å². The van der Waals surface area contributed by atoms with E-state index in [1.807, 2.05) is 18.2 Å². The molecule has 0 atom stereocenters. The molecule has 10 heteroatoms. The maximum Gasteiger partial charge on any atom is 0.494 e. The molecule has 1 saturated heterocycles. The van der Waals surface area contributed by atoms with Crippen LogP contribution in [0.4, 0.5) is 5.82 Å². The standard InChI is InChI=1S/C28H32BIN2O4S2/c1-26(2)27(3,4)36-29(35-26)18-10-11-21-19(16-18)24-20(17-28(21)12-13-28)25(31-34-24)32(14-15-37-30)38-23-9-7-6-8-22(23)33-5/h6-11,16H,12-15,17H2,1-5H3. The van der Waals surface area contributed by atoms with E-state index in [2.05, 4.69) is 82.6 Å². The first-order chi connectivity index (χ1) is 18.2. The number of ether oxygens (including phenoxy) is 1. The third-order valence-corrected chi connectivity index (χ3v) is 11.2. The quantitative estimate of drug-likeness (QED) is 0.148. The van der Waals surface area contributed by atoms with Gasteiger partial charge in [-0.05, 0) is 103 Å². The lowest BCUT2D eigenvalue weighted by Crippen LogP contribution is -2.41. The molecule has 0 N–H and O–H groups in total. The van der Waals surface area contributed by atoms with Gasteiger partial charge in [-0.3, -0.25) is 4.31 Å². The molecule has 2 aromatic carbocycles. The average molecular weight is 662 g/mol. The minimum atomic E-state index is -0.411. The monoisotopic (exact) mass is 662 g/mol. The largest absolute Gasteiger partial charge is 0.496 e. The number of rotatable bonds is 8. The lowest BCUT2D eigenvalue weighted by atomic mass is 9.73. The van der Waals surface area contributed by atoms with E-state index in [4.69, 9.17) is 18.6 Å². The third-order valence-electron chi connectivity index (χ3n) is 8.41. The molecule has 6 rings (SSSR count). The Kier molecular flexibility index (Phi) is 7.03. The second-order valence-corrected chi connectivity index (χ2v) is 14.9. The molecule has 2 aliphatic carbocycles. The summed E-state index contributed by atoms with van der Waals surface area (Å²) in [7, 11) is 3.10. The highest BCUT2D eigenvalue weighted by Gasteiger charge is 2.54. The van der Waals surface area contributed by atoms with Crippen molar-refractivity contribution in [2.24, 2.45) is 0 Å². The molecule has 1 aromatic heterocycles. The Balaban J connectivity index is 1.39. The first-order valence-corrected chi connectivity index (χ1v) is 17.3. The van der Waals surface area contributed by atoms with E-state index in [1.165, 1.54) is 24.0 Å². The van der Waals surface area contributed by atoms with Gasteiger partial charge in [-0.2, -0.15) is 0 Å². The molecule has 6 nitrogen and oxygen atoms in total. The lowest BCUT2D eigenvalue weighted by molar-refractivity contribution is 0.00578. The predicted octanol–water partition coefficient (Wildman–Crippen LogP) is 6.83. The average Bonchev–Trinajstić information content (AvgIpc) is 3.47. The number of halogens is 1. The lowest BCUT2D eigenvalue weighted by Gasteiger charge is -2.32. The zero-order chi connectivity index (χ0) is 26.7. The van der Waals surface area contributed by atoms with Crippen LogP contribution in [0, 0.1) is 0 Å². The summed E-state index contributed by atoms with van der Waals surface area (Å²) in [5, 5.41) is 4.68. The molecule has 3 aliphatic rings. The number of anilines is 1. The SMILES string of the molecule is COc1ccccc1SN(CCSI)c1noc2c1CC1(CC1)c1ccc(B3OC(C)(C)C(C)(C)O3)cc1-2. The van der Waals surface area contributed by atoms with Gasteiger partial charge < -0.3 is 18.6 Å². The van der Waals surface area contributed by atoms with Crippen LogP contribution in [0.15, 0.2) is 51.9 Å². The molecular weight excluding hydrogens is 630 g/mol. The number of hydrogen-bond donors (Lipinski definition) is 0. The zero-order valence-corrected chi connectivity index (χ0v) is 26.2. The summed E-state index contributed by atoms with van der Waals surface area (Å²) in [5.41, 5.74) is 4.09. The van der Waals surface area contributed by atoms with Gasteiger partial charge in [0.15, 0.2) is 11.6 Å². The zero-order valence-electron chi connectivity index (χ0n) is 22.4. The maximum atomic E-state index is 6.38. The molecule has 1 saturated carbocycles. The first-order valence-electron chi connectivity index (χ1n) is 13.0. The van der Waals surface area contributed by atoms with Crippen molar-refractivity contribution in [1.82, 2.24) is 5.16 Å². The van der Waals surface area contributed by atoms with Gasteiger partial charge in [0.25, 0.3) is 0 Å². The van der Waals surface area contributed by atoms with E-state index in [0.29, 0.717) is 0 Å². The number of benzene rings is 2. The van der Waals surface area contributed by atoms with E-state index in [-0.39, 0.29) is 16.6 Å². The topological polar surface area (TPSA) is 57.0 Å². The van der Waals surface area contributed by atoms with Crippen molar-refractivity contribution in [2.45, 2.75) is 68.5 Å². The Labute approximate surface area is 245 Å². The van der Waals surface area contributed by atoms with Crippen LogP contribution in [0.2, 0.25) is 0 Å². The van der Waals surface area contributed by atoms with E-state index in [9.17, 15) is 0 Å². The summed E-state index contributed by atoms with van der Waals surface area (Å²) < 4.78 is 26.8. The van der Waals surface area contributed by atoms with Crippen LogP contribution in [-0.4, -0.2) is 42.9 Å². The van der Waals surface area contributed by atoms with Gasteiger partial charge >= 0.3 is 7.12 Å². The van der Waals surface area contributed by atoms with Crippen LogP contribution in [0.1, 0.15) is 51.7 Å². The fourth-order valence-electron chi connectivity index (χ4n) is 5.36. The van der Waals surface area contributed by atoms with Gasteiger partial charge in [-0.1, -0.05) is 44.4 Å². The summed E-state index contributed by atoms with van der Waals surface area (Å²) in [4.78, 5) is 1.06. The number of hydrogen-bond acceptors (Lipinski definition) is 8. The molecule has 0 amide bonds. The summed E-state index contributed by atoms with van der Waals surface area (Å²) in [5.74, 6) is 3.62. The third kappa shape index (κ3) is 4.58. The van der Waals surface area contributed by atoms with Gasteiger partial charge in [-0.25, -0.2) is 0 Å². The summed E-state index contributed by atoms with van der Waals surface area (Å²) in [6, 6.07) is 14.8. The summed E-state index contributed by atoms with van der Waals surface area (Å²) >= 11 is 4.02. The minimum Gasteiger partial charge on any atom is -0.496 e. The van der Waals surface area contributed by atoms with Crippen molar-refractivity contribution >= 4 is 60.5 Å². The van der Waals surface area contributed by atoms with Crippen molar-refractivity contribution in [2.75, 3.05) is 23.7 Å². The molecule has 3 aromatic rings. The molecule has 1 spiro atoms. The van der Waals surface area contributed by atoms with Crippen LogP contribution in [0.3, 0.4) is 0 Å². The predicted molar refractivity (Wildman–Crippen MR) is 165 cm³/mol. The molecule has 38 heavy (non-hydrogen) atoms. The number of fused-ring (bicyclic) bond motifs is 4. The van der Waals surface area contributed by atoms with Crippen molar-refractivity contribution in [3.05, 3.63) is 53.6 Å². The Morgan fingerprint density at radius 1 is 1.08 bits per heavy atom. The Hall–Kier alpha value is -1.34. The molecule has 0 radical (unpaired) electrons. The van der Waals surface area contributed by atoms with Gasteiger partial charge in [0.2, 0.25) is 0 Å². The van der Waals surface area contributed by atoms with E-state index in [0.717, 1.165) is 52.0 Å². The number of nitrogens with zero attached hydrogens (tertiary/aromatic N) is 2. The number of aromatic nitrogens is 1. The van der Waals surface area contributed by atoms with Crippen molar-refractivity contribution in [1.29, 1.82) is 0 Å². The van der Waals surface area contributed by atoms with E-state index in [1.54, 1.807) is 28.0 Å². The van der Waals surface area contributed by atoms with Crippen molar-refractivity contribution in [3.63, 3.8) is 0 Å². The Morgan fingerprint density at radius 3 is 2.50 bits per heavy atom. The first kappa shape index (κ1) is 26.9. The normalized spacial score (nSPS) is 19.8. The van der Waals surface area contributed by atoms with Crippen LogP contribution in [0.25, 0.3) is 11.3 Å². The molecule has 2 heterocycles. The molecule has 0 unspecified atom stereocenters. The molecule has 1 aliphatic heterocycles. The Morgan fingerprint density at radius 2 is 1.82 bits per heavy atom. The van der Waals surface area contributed by atoms with Crippen LogP contribution in [0.5, 0.6) is 5.75 Å². The maximum absolute atomic E-state index is 6.38. The molecule has 200 valence electrons. The van der Waals surface area contributed by atoms with Crippen LogP contribution in [-0.2, 0) is 21.1 Å². The molecule has 0 bridgehead atoms. The van der Waals surface area contributed by atoms with Gasteiger partial charge in [0.1, 0.15) is 5.75 Å². The fraction of sp³-hybridized carbons (Fsp3) is 0.464.